The van der Waals surface area contributed by atoms with Gasteiger partial charge in [-0.25, -0.2) is 4.79 Å². The van der Waals surface area contributed by atoms with Crippen LogP contribution in [0.1, 0.15) is 27.9 Å². The van der Waals surface area contributed by atoms with Gasteiger partial charge in [-0.1, -0.05) is 18.2 Å². The topological polar surface area (TPSA) is 71.1 Å². The molecule has 1 fully saturated rings. The first-order valence-electron chi connectivity index (χ1n) is 11.2. The molecule has 1 N–H and O–H groups in total. The van der Waals surface area contributed by atoms with Gasteiger partial charge in [0.15, 0.2) is 0 Å². The average molecular weight is 460 g/mol. The van der Waals surface area contributed by atoms with Gasteiger partial charge in [-0.2, -0.15) is 0 Å². The molecule has 7 nitrogen and oxygen atoms in total. The zero-order valence-corrected chi connectivity index (χ0v) is 19.7. The largest absolute Gasteiger partial charge is 0.497 e. The van der Waals surface area contributed by atoms with Crippen LogP contribution in [0.4, 0.5) is 16.2 Å². The third kappa shape index (κ3) is 5.14. The predicted octanol–water partition coefficient (Wildman–Crippen LogP) is 5.10. The number of hydrogen-bond acceptors (Lipinski definition) is 4. The van der Waals surface area contributed by atoms with E-state index in [1.165, 1.54) is 0 Å². The SMILES string of the molecule is COc1ccc(C(=O)Nc2cc(C)ccc2N2CCCN(Cc3cccc(OC)c3)C2=O)cc1. The van der Waals surface area contributed by atoms with Crippen molar-refractivity contribution in [3.05, 3.63) is 83.4 Å². The zero-order chi connectivity index (χ0) is 24.1. The van der Waals surface area contributed by atoms with E-state index in [4.69, 9.17) is 9.47 Å². The third-order valence-corrected chi connectivity index (χ3v) is 5.86. The first kappa shape index (κ1) is 23.2. The molecule has 34 heavy (non-hydrogen) atoms. The quantitative estimate of drug-likeness (QED) is 0.534. The third-order valence-electron chi connectivity index (χ3n) is 5.86. The summed E-state index contributed by atoms with van der Waals surface area (Å²) >= 11 is 0. The van der Waals surface area contributed by atoms with Crippen molar-refractivity contribution < 1.29 is 19.1 Å². The molecule has 0 bridgehead atoms. The fourth-order valence-electron chi connectivity index (χ4n) is 4.07. The molecule has 4 rings (SSSR count). The Morgan fingerprint density at radius 1 is 0.941 bits per heavy atom. The van der Waals surface area contributed by atoms with E-state index in [0.717, 1.165) is 23.3 Å². The van der Waals surface area contributed by atoms with E-state index in [2.05, 4.69) is 5.32 Å². The van der Waals surface area contributed by atoms with Gasteiger partial charge in [0.2, 0.25) is 0 Å². The standard InChI is InChI=1S/C27H29N3O4/c1-19-8-13-25(24(16-19)28-26(31)21-9-11-22(33-2)12-10-21)30-15-5-14-29(27(30)32)18-20-6-4-7-23(17-20)34-3/h4,6-13,16-17H,5,14-15,18H2,1-3H3,(H,28,31). The molecule has 3 amide bonds. The molecule has 0 aromatic heterocycles. The van der Waals surface area contributed by atoms with Crippen LogP contribution in [0.2, 0.25) is 0 Å². The summed E-state index contributed by atoms with van der Waals surface area (Å²) in [5.41, 5.74) is 3.81. The Hall–Kier alpha value is -4.00. The molecule has 0 radical (unpaired) electrons. The number of ether oxygens (including phenoxy) is 2. The van der Waals surface area contributed by atoms with Crippen LogP contribution in [0.15, 0.2) is 66.7 Å². The average Bonchev–Trinajstić information content (AvgIpc) is 2.86. The van der Waals surface area contributed by atoms with Gasteiger partial charge in [0.05, 0.1) is 25.6 Å². The van der Waals surface area contributed by atoms with E-state index in [1.54, 1.807) is 43.4 Å². The number of benzene rings is 3. The first-order chi connectivity index (χ1) is 16.5. The number of anilines is 2. The minimum atomic E-state index is -0.243. The number of carbonyl (C=O) groups is 2. The van der Waals surface area contributed by atoms with Gasteiger partial charge in [-0.05, 0) is 73.0 Å². The Kier molecular flexibility index (Phi) is 7.01. The molecule has 0 unspecified atom stereocenters. The van der Waals surface area contributed by atoms with Gasteiger partial charge in [-0.15, -0.1) is 0 Å². The molecule has 0 atom stereocenters. The van der Waals surface area contributed by atoms with Crippen LogP contribution in [-0.2, 0) is 6.54 Å². The molecule has 0 aliphatic carbocycles. The predicted molar refractivity (Wildman–Crippen MR) is 133 cm³/mol. The summed E-state index contributed by atoms with van der Waals surface area (Å²) in [5, 5.41) is 2.99. The van der Waals surface area contributed by atoms with Crippen molar-refractivity contribution in [2.45, 2.75) is 19.9 Å². The Bertz CT molecular complexity index is 1180. The van der Waals surface area contributed by atoms with Crippen molar-refractivity contribution in [1.82, 2.24) is 4.90 Å². The highest BCUT2D eigenvalue weighted by atomic mass is 16.5. The minimum absolute atomic E-state index is 0.0853. The second-order valence-electron chi connectivity index (χ2n) is 8.26. The maximum Gasteiger partial charge on any atom is 0.324 e. The molecule has 3 aromatic rings. The van der Waals surface area contributed by atoms with Gasteiger partial charge in [0.1, 0.15) is 11.5 Å². The number of carbonyl (C=O) groups excluding carboxylic acids is 2. The highest BCUT2D eigenvalue weighted by Gasteiger charge is 2.29. The van der Waals surface area contributed by atoms with Crippen LogP contribution in [0, 0.1) is 6.92 Å². The lowest BCUT2D eigenvalue weighted by Crippen LogP contribution is -2.49. The van der Waals surface area contributed by atoms with Gasteiger partial charge in [0.25, 0.3) is 5.91 Å². The van der Waals surface area contributed by atoms with E-state index in [9.17, 15) is 9.59 Å². The Morgan fingerprint density at radius 2 is 1.71 bits per heavy atom. The number of nitrogens with one attached hydrogen (secondary N) is 1. The lowest BCUT2D eigenvalue weighted by molar-refractivity contribution is 0.102. The lowest BCUT2D eigenvalue weighted by atomic mass is 10.1. The summed E-state index contributed by atoms with van der Waals surface area (Å²) in [6.07, 6.45) is 0.829. The van der Waals surface area contributed by atoms with Crippen molar-refractivity contribution in [3.8, 4) is 11.5 Å². The molecule has 3 aromatic carbocycles. The maximum absolute atomic E-state index is 13.4. The number of nitrogens with zero attached hydrogens (tertiary/aromatic N) is 2. The molecule has 0 spiro atoms. The van der Waals surface area contributed by atoms with Crippen molar-refractivity contribution in [1.29, 1.82) is 0 Å². The lowest BCUT2D eigenvalue weighted by Gasteiger charge is -2.36. The second kappa shape index (κ2) is 10.3. The minimum Gasteiger partial charge on any atom is -0.497 e. The van der Waals surface area contributed by atoms with E-state index < -0.39 is 0 Å². The van der Waals surface area contributed by atoms with Gasteiger partial charge in [-0.3, -0.25) is 9.69 Å². The van der Waals surface area contributed by atoms with E-state index in [0.29, 0.717) is 42.3 Å². The Labute approximate surface area is 199 Å². The molecular weight excluding hydrogens is 430 g/mol. The van der Waals surface area contributed by atoms with Crippen LogP contribution in [0.25, 0.3) is 0 Å². The summed E-state index contributed by atoms with van der Waals surface area (Å²) in [6.45, 7) is 3.71. The summed E-state index contributed by atoms with van der Waals surface area (Å²) < 4.78 is 10.5. The Morgan fingerprint density at radius 3 is 2.44 bits per heavy atom. The molecular formula is C27H29N3O4. The molecule has 1 heterocycles. The Balaban J connectivity index is 1.55. The normalized spacial score (nSPS) is 13.6. The van der Waals surface area contributed by atoms with Crippen molar-refractivity contribution >= 4 is 23.3 Å². The number of amides is 3. The molecule has 1 aliphatic rings. The molecule has 1 aliphatic heterocycles. The van der Waals surface area contributed by atoms with Gasteiger partial charge < -0.3 is 19.7 Å². The van der Waals surface area contributed by atoms with Crippen LogP contribution in [0.3, 0.4) is 0 Å². The highest BCUT2D eigenvalue weighted by molar-refractivity contribution is 6.07. The molecule has 176 valence electrons. The van der Waals surface area contributed by atoms with Crippen LogP contribution < -0.4 is 19.7 Å². The second-order valence-corrected chi connectivity index (χ2v) is 8.26. The monoisotopic (exact) mass is 459 g/mol. The summed E-state index contributed by atoms with van der Waals surface area (Å²) in [6, 6.07) is 20.3. The molecule has 7 heteroatoms. The first-order valence-corrected chi connectivity index (χ1v) is 11.2. The van der Waals surface area contributed by atoms with Gasteiger partial charge >= 0.3 is 6.03 Å². The van der Waals surface area contributed by atoms with Crippen LogP contribution >= 0.6 is 0 Å². The summed E-state index contributed by atoms with van der Waals surface area (Å²) in [5.74, 6) is 1.20. The van der Waals surface area contributed by atoms with E-state index in [1.807, 2.05) is 54.3 Å². The van der Waals surface area contributed by atoms with E-state index in [-0.39, 0.29) is 11.9 Å². The number of aryl methyl sites for hydroxylation is 1. The van der Waals surface area contributed by atoms with Crippen molar-refractivity contribution in [2.75, 3.05) is 37.5 Å². The summed E-state index contributed by atoms with van der Waals surface area (Å²) in [4.78, 5) is 29.9. The van der Waals surface area contributed by atoms with Crippen molar-refractivity contribution in [2.24, 2.45) is 0 Å². The van der Waals surface area contributed by atoms with Crippen molar-refractivity contribution in [3.63, 3.8) is 0 Å². The fraction of sp³-hybridized carbons (Fsp3) is 0.259. The number of hydrogen-bond donors (Lipinski definition) is 1. The fourth-order valence-corrected chi connectivity index (χ4v) is 4.07. The molecule has 1 saturated heterocycles. The van der Waals surface area contributed by atoms with E-state index >= 15 is 0 Å². The number of urea groups is 1. The van der Waals surface area contributed by atoms with Crippen LogP contribution in [0.5, 0.6) is 11.5 Å². The number of rotatable bonds is 7. The number of methoxy groups -OCH3 is 2. The maximum atomic E-state index is 13.4. The highest BCUT2D eigenvalue weighted by Crippen LogP contribution is 2.31. The smallest absolute Gasteiger partial charge is 0.324 e. The zero-order valence-electron chi connectivity index (χ0n) is 19.7. The summed E-state index contributed by atoms with van der Waals surface area (Å²) in [7, 11) is 3.22. The van der Waals surface area contributed by atoms with Crippen LogP contribution in [-0.4, -0.2) is 44.1 Å². The van der Waals surface area contributed by atoms with Gasteiger partial charge in [0, 0.05) is 25.2 Å². The molecule has 0 saturated carbocycles.